The monoisotopic (exact) mass is 284 g/mol. The van der Waals surface area contributed by atoms with Gasteiger partial charge in [-0.1, -0.05) is 0 Å². The number of hydrogen-bond acceptors (Lipinski definition) is 4. The number of hydrogen-bond donors (Lipinski definition) is 1. The van der Waals surface area contributed by atoms with Crippen LogP contribution in [-0.2, 0) is 15.8 Å². The summed E-state index contributed by atoms with van der Waals surface area (Å²) in [5.41, 5.74) is 0.182. The van der Waals surface area contributed by atoms with E-state index in [0.29, 0.717) is 5.69 Å². The van der Waals surface area contributed by atoms with Crippen molar-refractivity contribution < 1.29 is 14.1 Å². The van der Waals surface area contributed by atoms with Crippen molar-refractivity contribution in [1.29, 1.82) is 0 Å². The maximum absolute atomic E-state index is 11.8. The van der Waals surface area contributed by atoms with E-state index in [-0.39, 0.29) is 6.54 Å². The van der Waals surface area contributed by atoms with E-state index >= 15 is 0 Å². The van der Waals surface area contributed by atoms with Crippen LogP contribution in [-0.4, -0.2) is 30.0 Å². The van der Waals surface area contributed by atoms with Crippen molar-refractivity contribution in [2.75, 3.05) is 13.3 Å². The van der Waals surface area contributed by atoms with Crippen LogP contribution in [0.1, 0.15) is 26.5 Å². The summed E-state index contributed by atoms with van der Waals surface area (Å²) in [5.74, 6) is 0. The quantitative estimate of drug-likeness (QED) is 0.865. The number of rotatable bonds is 3. The zero-order valence-electron chi connectivity index (χ0n) is 12.1. The largest absolute Gasteiger partial charge is 0.444 e. The second kappa shape index (κ2) is 5.74. The minimum atomic E-state index is -2.28. The lowest BCUT2D eigenvalue weighted by atomic mass is 10.2. The molecule has 0 fully saturated rings. The van der Waals surface area contributed by atoms with Gasteiger partial charge < -0.3 is 14.6 Å². The van der Waals surface area contributed by atoms with Crippen LogP contribution >= 0.6 is 7.14 Å². The molecule has 1 amide bonds. The highest BCUT2D eigenvalue weighted by Gasteiger charge is 2.16. The number of nitrogens with one attached hydrogen (secondary N) is 1. The van der Waals surface area contributed by atoms with Gasteiger partial charge in [0, 0.05) is 11.5 Å². The van der Waals surface area contributed by atoms with Crippen LogP contribution in [0.2, 0.25) is 0 Å². The van der Waals surface area contributed by atoms with Gasteiger partial charge in [0.1, 0.15) is 12.7 Å². The molecule has 0 radical (unpaired) electrons. The Morgan fingerprint density at radius 1 is 1.37 bits per heavy atom. The molecule has 0 atom stereocenters. The second-order valence-corrected chi connectivity index (χ2v) is 8.93. The van der Waals surface area contributed by atoms with Gasteiger partial charge in [0.05, 0.1) is 12.2 Å². The van der Waals surface area contributed by atoms with E-state index in [1.54, 1.807) is 52.4 Å². The number of carbonyl (C=O) groups excluding carboxylic acids is 1. The van der Waals surface area contributed by atoms with Gasteiger partial charge in [-0.2, -0.15) is 0 Å². The lowest BCUT2D eigenvalue weighted by Crippen LogP contribution is -2.32. The number of aromatic nitrogens is 1. The van der Waals surface area contributed by atoms with Gasteiger partial charge in [0.15, 0.2) is 0 Å². The van der Waals surface area contributed by atoms with Crippen molar-refractivity contribution in [2.24, 2.45) is 0 Å². The summed E-state index contributed by atoms with van der Waals surface area (Å²) in [5, 5.41) is 3.35. The van der Waals surface area contributed by atoms with Crippen molar-refractivity contribution in [2.45, 2.75) is 32.9 Å². The average molecular weight is 284 g/mol. The van der Waals surface area contributed by atoms with E-state index in [9.17, 15) is 9.36 Å². The first kappa shape index (κ1) is 15.7. The zero-order valence-corrected chi connectivity index (χ0v) is 13.0. The fraction of sp³-hybridized carbons (Fsp3) is 0.538. The summed E-state index contributed by atoms with van der Waals surface area (Å²) in [6.07, 6.45) is 1.11. The molecule has 19 heavy (non-hydrogen) atoms. The topological polar surface area (TPSA) is 68.3 Å². The van der Waals surface area contributed by atoms with Crippen LogP contribution in [0.3, 0.4) is 0 Å². The smallest absolute Gasteiger partial charge is 0.407 e. The van der Waals surface area contributed by atoms with E-state index < -0.39 is 18.8 Å². The standard InChI is InChI=1S/C13H21N2O3P/c1-13(2,3)18-12(16)15-8-10-6-7-11(9-14-10)19(4,5)17/h6-7,9H,8H2,1-5H3,(H,15,16). The van der Waals surface area contributed by atoms with Crippen molar-refractivity contribution in [3.05, 3.63) is 24.0 Å². The second-order valence-electron chi connectivity index (χ2n) is 5.71. The lowest BCUT2D eigenvalue weighted by molar-refractivity contribution is 0.0523. The molecule has 0 aliphatic carbocycles. The molecule has 1 aromatic rings. The van der Waals surface area contributed by atoms with E-state index in [4.69, 9.17) is 4.74 Å². The van der Waals surface area contributed by atoms with Crippen molar-refractivity contribution in [3.8, 4) is 0 Å². The fourth-order valence-corrected chi connectivity index (χ4v) is 2.09. The third-order valence-corrected chi connectivity index (χ3v) is 3.75. The number of nitrogens with zero attached hydrogens (tertiary/aromatic N) is 1. The van der Waals surface area contributed by atoms with Crippen molar-refractivity contribution in [1.82, 2.24) is 10.3 Å². The first-order chi connectivity index (χ1) is 8.58. The van der Waals surface area contributed by atoms with Crippen LogP contribution in [0, 0.1) is 0 Å². The van der Waals surface area contributed by atoms with Gasteiger partial charge in [-0.25, -0.2) is 4.79 Å². The molecule has 0 aliphatic rings. The Morgan fingerprint density at radius 2 is 2.00 bits per heavy atom. The fourth-order valence-electron chi connectivity index (χ4n) is 1.32. The van der Waals surface area contributed by atoms with Gasteiger partial charge in [-0.3, -0.25) is 4.98 Å². The van der Waals surface area contributed by atoms with E-state index in [0.717, 1.165) is 5.30 Å². The van der Waals surface area contributed by atoms with Gasteiger partial charge in [0.25, 0.3) is 0 Å². The molecule has 1 N–H and O–H groups in total. The Balaban J connectivity index is 2.56. The Labute approximate surface area is 114 Å². The van der Waals surface area contributed by atoms with Crippen LogP contribution in [0.5, 0.6) is 0 Å². The molecule has 0 spiro atoms. The van der Waals surface area contributed by atoms with Gasteiger partial charge in [-0.05, 0) is 46.2 Å². The molecule has 1 aromatic heterocycles. The maximum Gasteiger partial charge on any atom is 0.407 e. The maximum atomic E-state index is 11.8. The van der Waals surface area contributed by atoms with Crippen molar-refractivity contribution >= 4 is 18.5 Å². The summed E-state index contributed by atoms with van der Waals surface area (Å²) < 4.78 is 16.9. The number of amides is 1. The minimum Gasteiger partial charge on any atom is -0.444 e. The summed E-state index contributed by atoms with van der Waals surface area (Å²) in [4.78, 5) is 15.6. The summed E-state index contributed by atoms with van der Waals surface area (Å²) >= 11 is 0. The molecule has 0 saturated heterocycles. The number of alkyl carbamates (subject to hydrolysis) is 1. The predicted molar refractivity (Wildman–Crippen MR) is 76.4 cm³/mol. The molecule has 0 saturated carbocycles. The molecule has 1 heterocycles. The first-order valence-corrected chi connectivity index (χ1v) is 8.65. The highest BCUT2D eigenvalue weighted by atomic mass is 31.2. The van der Waals surface area contributed by atoms with Gasteiger partial charge in [0.2, 0.25) is 0 Å². The van der Waals surface area contributed by atoms with Gasteiger partial charge >= 0.3 is 6.09 Å². The molecular formula is C13H21N2O3P. The average Bonchev–Trinajstić information content (AvgIpc) is 2.23. The number of ether oxygens (including phenoxy) is 1. The Bertz CT molecular complexity index is 486. The number of pyridine rings is 1. The minimum absolute atomic E-state index is 0.285. The molecule has 1 rings (SSSR count). The van der Waals surface area contributed by atoms with Crippen LogP contribution < -0.4 is 10.6 Å². The summed E-state index contributed by atoms with van der Waals surface area (Å²) in [6, 6.07) is 3.53. The molecule has 0 unspecified atom stereocenters. The normalized spacial score (nSPS) is 12.1. The highest BCUT2D eigenvalue weighted by Crippen LogP contribution is 2.33. The van der Waals surface area contributed by atoms with E-state index in [1.807, 2.05) is 0 Å². The lowest BCUT2D eigenvalue weighted by Gasteiger charge is -2.19. The Hall–Kier alpha value is -1.35. The molecular weight excluding hydrogens is 263 g/mol. The summed E-state index contributed by atoms with van der Waals surface area (Å²) in [6.45, 7) is 9.09. The zero-order chi connectivity index (χ0) is 14.7. The molecule has 106 valence electrons. The van der Waals surface area contributed by atoms with E-state index in [1.165, 1.54) is 0 Å². The first-order valence-electron chi connectivity index (χ1n) is 6.05. The predicted octanol–water partition coefficient (Wildman–Crippen LogP) is 2.35. The van der Waals surface area contributed by atoms with Crippen LogP contribution in [0.25, 0.3) is 0 Å². The van der Waals surface area contributed by atoms with Crippen LogP contribution in [0.15, 0.2) is 18.3 Å². The van der Waals surface area contributed by atoms with Crippen LogP contribution in [0.4, 0.5) is 4.79 Å². The van der Waals surface area contributed by atoms with E-state index in [2.05, 4.69) is 10.3 Å². The highest BCUT2D eigenvalue weighted by molar-refractivity contribution is 7.70. The SMILES string of the molecule is CC(C)(C)OC(=O)NCc1ccc(P(C)(C)=O)cn1. The number of carbonyl (C=O) groups is 1. The van der Waals surface area contributed by atoms with Crippen molar-refractivity contribution in [3.63, 3.8) is 0 Å². The summed E-state index contributed by atoms with van der Waals surface area (Å²) in [7, 11) is -2.28. The molecule has 0 aromatic carbocycles. The Kier molecular flexibility index (Phi) is 4.75. The molecule has 0 bridgehead atoms. The third-order valence-electron chi connectivity index (χ3n) is 2.24. The molecule has 0 aliphatic heterocycles. The van der Waals surface area contributed by atoms with Gasteiger partial charge in [-0.15, -0.1) is 0 Å². The Morgan fingerprint density at radius 3 is 2.42 bits per heavy atom. The molecule has 5 nitrogen and oxygen atoms in total. The third kappa shape index (κ3) is 5.88. The molecule has 6 heteroatoms.